The Labute approximate surface area is 149 Å². The fourth-order valence-corrected chi connectivity index (χ4v) is 3.00. The summed E-state index contributed by atoms with van der Waals surface area (Å²) in [4.78, 5) is 17.2. The summed E-state index contributed by atoms with van der Waals surface area (Å²) >= 11 is 1.35. The van der Waals surface area contributed by atoms with Crippen molar-refractivity contribution in [1.82, 2.24) is 4.57 Å². The fourth-order valence-electron chi connectivity index (χ4n) is 2.32. The summed E-state index contributed by atoms with van der Waals surface area (Å²) in [5.41, 5.74) is 1.76. The molecule has 0 saturated heterocycles. The highest BCUT2D eigenvalue weighted by atomic mass is 32.2. The van der Waals surface area contributed by atoms with Crippen LogP contribution in [0.25, 0.3) is 0 Å². The van der Waals surface area contributed by atoms with Crippen LogP contribution in [0.5, 0.6) is 0 Å². The predicted octanol–water partition coefficient (Wildman–Crippen LogP) is 3.90. The Morgan fingerprint density at radius 2 is 1.68 bits per heavy atom. The van der Waals surface area contributed by atoms with E-state index >= 15 is 0 Å². The lowest BCUT2D eigenvalue weighted by atomic mass is 10.2. The monoisotopic (exact) mass is 352 g/mol. The average Bonchev–Trinajstić information content (AvgIpc) is 2.64. The number of hydrogen-bond donors (Lipinski definition) is 0. The van der Waals surface area contributed by atoms with Crippen molar-refractivity contribution in [3.63, 3.8) is 0 Å². The Kier molecular flexibility index (Phi) is 5.80. The highest BCUT2D eigenvalue weighted by Crippen LogP contribution is 2.17. The molecule has 0 N–H and O–H groups in total. The third-order valence-electron chi connectivity index (χ3n) is 3.53. The lowest BCUT2D eigenvalue weighted by molar-refractivity contribution is -0.115. The van der Waals surface area contributed by atoms with Crippen LogP contribution in [0.2, 0.25) is 0 Å². The van der Waals surface area contributed by atoms with Crippen LogP contribution >= 0.6 is 11.8 Å². The van der Waals surface area contributed by atoms with Crippen molar-refractivity contribution in [2.24, 2.45) is 4.99 Å². The van der Waals surface area contributed by atoms with Crippen molar-refractivity contribution in [3.8, 4) is 0 Å². The summed E-state index contributed by atoms with van der Waals surface area (Å²) in [6, 6.07) is 21.7. The second kappa shape index (κ2) is 8.44. The first kappa shape index (κ1) is 17.2. The minimum absolute atomic E-state index is 0.214. The zero-order valence-electron chi connectivity index (χ0n) is 13.5. The highest BCUT2D eigenvalue weighted by Gasteiger charge is 2.03. The van der Waals surface area contributed by atoms with E-state index in [1.807, 2.05) is 59.3 Å². The van der Waals surface area contributed by atoms with Gasteiger partial charge < -0.3 is 4.57 Å². The van der Waals surface area contributed by atoms with Crippen molar-refractivity contribution in [2.45, 2.75) is 11.4 Å². The van der Waals surface area contributed by atoms with E-state index in [2.05, 4.69) is 4.99 Å². The van der Waals surface area contributed by atoms with Crippen molar-refractivity contribution in [2.75, 3.05) is 5.75 Å². The summed E-state index contributed by atoms with van der Waals surface area (Å²) in [5, 5.41) is 0. The smallest absolute Gasteiger partial charge is 0.257 e. The zero-order valence-corrected chi connectivity index (χ0v) is 14.3. The van der Waals surface area contributed by atoms with Gasteiger partial charge in [0.1, 0.15) is 11.3 Å². The van der Waals surface area contributed by atoms with Gasteiger partial charge in [0.2, 0.25) is 0 Å². The molecule has 0 aliphatic heterocycles. The first-order valence-corrected chi connectivity index (χ1v) is 8.84. The Morgan fingerprint density at radius 3 is 2.44 bits per heavy atom. The summed E-state index contributed by atoms with van der Waals surface area (Å²) in [5.74, 6) is -0.291. The van der Waals surface area contributed by atoms with Crippen LogP contribution in [-0.4, -0.2) is 16.2 Å². The summed E-state index contributed by atoms with van der Waals surface area (Å²) in [6.45, 7) is 0.652. The number of hydrogen-bond acceptors (Lipinski definition) is 2. The normalized spacial score (nSPS) is 11.5. The van der Waals surface area contributed by atoms with Gasteiger partial charge in [-0.25, -0.2) is 4.39 Å². The Bertz CT molecular complexity index is 905. The number of benzene rings is 2. The molecule has 1 heterocycles. The van der Waals surface area contributed by atoms with Gasteiger partial charge in [-0.05, 0) is 42.0 Å². The van der Waals surface area contributed by atoms with Crippen LogP contribution in [0, 0.1) is 5.82 Å². The number of nitrogens with zero attached hydrogens (tertiary/aromatic N) is 2. The zero-order chi connectivity index (χ0) is 17.5. The molecule has 0 bridgehead atoms. The molecule has 0 unspecified atom stereocenters. The van der Waals surface area contributed by atoms with Gasteiger partial charge in [-0.15, -0.1) is 11.8 Å². The van der Waals surface area contributed by atoms with Crippen LogP contribution in [0.1, 0.15) is 5.56 Å². The number of carbonyl (C=O) groups is 1. The molecule has 25 heavy (non-hydrogen) atoms. The number of thioether (sulfide) groups is 1. The summed E-state index contributed by atoms with van der Waals surface area (Å²) in [6.07, 6.45) is 1.91. The van der Waals surface area contributed by atoms with Crippen LogP contribution in [0.15, 0.2) is 88.9 Å². The molecule has 3 nitrogen and oxygen atoms in total. The van der Waals surface area contributed by atoms with Gasteiger partial charge in [-0.3, -0.25) is 4.79 Å². The van der Waals surface area contributed by atoms with Crippen molar-refractivity contribution >= 4 is 17.7 Å². The van der Waals surface area contributed by atoms with Crippen LogP contribution in [-0.2, 0) is 11.3 Å². The minimum Gasteiger partial charge on any atom is -0.328 e. The summed E-state index contributed by atoms with van der Waals surface area (Å²) in [7, 11) is 0. The minimum atomic E-state index is -0.286. The van der Waals surface area contributed by atoms with Crippen LogP contribution in [0.4, 0.5) is 4.39 Å². The van der Waals surface area contributed by atoms with Gasteiger partial charge in [-0.2, -0.15) is 4.99 Å². The first-order chi connectivity index (χ1) is 12.2. The van der Waals surface area contributed by atoms with Crippen LogP contribution in [0.3, 0.4) is 0 Å². The molecule has 3 rings (SSSR count). The topological polar surface area (TPSA) is 34.4 Å². The molecule has 1 aromatic heterocycles. The van der Waals surface area contributed by atoms with E-state index in [4.69, 9.17) is 0 Å². The molecule has 0 fully saturated rings. The number of pyridine rings is 1. The van der Waals surface area contributed by atoms with E-state index in [1.54, 1.807) is 12.1 Å². The third-order valence-corrected chi connectivity index (χ3v) is 4.52. The van der Waals surface area contributed by atoms with Gasteiger partial charge in [-0.1, -0.05) is 36.4 Å². The van der Waals surface area contributed by atoms with Gasteiger partial charge >= 0.3 is 0 Å². The van der Waals surface area contributed by atoms with Gasteiger partial charge in [0, 0.05) is 17.6 Å². The van der Waals surface area contributed by atoms with E-state index in [1.165, 1.54) is 23.9 Å². The Morgan fingerprint density at radius 1 is 0.960 bits per heavy atom. The molecule has 0 spiro atoms. The number of carbonyl (C=O) groups excluding carboxylic acids is 1. The quantitative estimate of drug-likeness (QED) is 0.653. The number of halogens is 1. The van der Waals surface area contributed by atoms with Crippen LogP contribution < -0.4 is 5.49 Å². The van der Waals surface area contributed by atoms with E-state index < -0.39 is 0 Å². The Hall–Kier alpha value is -2.66. The molecule has 1 amide bonds. The maximum absolute atomic E-state index is 12.9. The standard InChI is InChI=1S/C20H17FN2OS/c21-17-9-11-18(12-10-17)25-15-20(24)22-19-8-4-5-13-23(19)14-16-6-2-1-3-7-16/h1-13H,14-15H2. The number of rotatable bonds is 5. The molecule has 0 aliphatic carbocycles. The molecule has 0 radical (unpaired) electrons. The second-order valence-corrected chi connectivity index (χ2v) is 6.47. The van der Waals surface area contributed by atoms with Gasteiger partial charge in [0.05, 0.1) is 5.75 Å². The highest BCUT2D eigenvalue weighted by molar-refractivity contribution is 8.00. The molecule has 0 aliphatic rings. The third kappa shape index (κ3) is 5.16. The van der Waals surface area contributed by atoms with Gasteiger partial charge in [0.25, 0.3) is 5.91 Å². The largest absolute Gasteiger partial charge is 0.328 e. The van der Waals surface area contributed by atoms with Crippen molar-refractivity contribution in [1.29, 1.82) is 0 Å². The lowest BCUT2D eigenvalue weighted by Crippen LogP contribution is -2.22. The maximum Gasteiger partial charge on any atom is 0.257 e. The number of amides is 1. The second-order valence-electron chi connectivity index (χ2n) is 5.42. The molecular formula is C20H17FN2OS. The van der Waals surface area contributed by atoms with E-state index in [9.17, 15) is 9.18 Å². The Balaban J connectivity index is 1.72. The average molecular weight is 352 g/mol. The SMILES string of the molecule is O=C(CSc1ccc(F)cc1)N=c1ccccn1Cc1ccccc1. The first-order valence-electron chi connectivity index (χ1n) is 7.86. The van der Waals surface area contributed by atoms with Crippen molar-refractivity contribution < 1.29 is 9.18 Å². The van der Waals surface area contributed by atoms with Gasteiger partial charge in [0.15, 0.2) is 0 Å². The molecule has 2 aromatic carbocycles. The molecular weight excluding hydrogens is 335 g/mol. The van der Waals surface area contributed by atoms with E-state index in [0.717, 1.165) is 10.5 Å². The lowest BCUT2D eigenvalue weighted by Gasteiger charge is -2.07. The van der Waals surface area contributed by atoms with Crippen molar-refractivity contribution in [3.05, 3.63) is 95.9 Å². The molecule has 0 saturated carbocycles. The fraction of sp³-hybridized carbons (Fsp3) is 0.100. The predicted molar refractivity (Wildman–Crippen MR) is 97.7 cm³/mol. The molecule has 3 aromatic rings. The molecule has 5 heteroatoms. The molecule has 126 valence electrons. The molecule has 0 atom stereocenters. The summed E-state index contributed by atoms with van der Waals surface area (Å²) < 4.78 is 14.8. The number of aromatic nitrogens is 1. The maximum atomic E-state index is 12.9. The van der Waals surface area contributed by atoms with E-state index in [-0.39, 0.29) is 17.5 Å². The van der Waals surface area contributed by atoms with E-state index in [0.29, 0.717) is 12.0 Å².